The Bertz CT molecular complexity index is 1150. The van der Waals surface area contributed by atoms with Crippen LogP contribution in [0.25, 0.3) is 11.0 Å². The van der Waals surface area contributed by atoms with Crippen molar-refractivity contribution in [2.24, 2.45) is 0 Å². The van der Waals surface area contributed by atoms with Gasteiger partial charge in [0.05, 0.1) is 16.8 Å². The molecule has 3 aromatic rings. The molecular formula is C22H28F2N6O. The molecule has 1 aliphatic rings. The van der Waals surface area contributed by atoms with Crippen LogP contribution in [0.2, 0.25) is 0 Å². The number of nitrogens with zero attached hydrogens (tertiary/aromatic N) is 6. The highest BCUT2D eigenvalue weighted by Crippen LogP contribution is 2.41. The fourth-order valence-electron chi connectivity index (χ4n) is 4.12. The lowest BCUT2D eigenvalue weighted by atomic mass is 10.1. The molecule has 7 nitrogen and oxygen atoms in total. The number of halogens is 2. The van der Waals surface area contributed by atoms with Crippen LogP contribution in [0, 0.1) is 20.8 Å². The monoisotopic (exact) mass is 430 g/mol. The Labute approximate surface area is 180 Å². The molecule has 31 heavy (non-hydrogen) atoms. The van der Waals surface area contributed by atoms with Crippen molar-refractivity contribution in [2.45, 2.75) is 72.5 Å². The summed E-state index contributed by atoms with van der Waals surface area (Å²) in [7, 11) is 1.73. The third-order valence-corrected chi connectivity index (χ3v) is 6.10. The highest BCUT2D eigenvalue weighted by Gasteiger charge is 2.29. The predicted octanol–water partition coefficient (Wildman–Crippen LogP) is 4.05. The number of hydrogen-bond acceptors (Lipinski definition) is 4. The van der Waals surface area contributed by atoms with Crippen molar-refractivity contribution >= 4 is 16.9 Å². The van der Waals surface area contributed by atoms with Gasteiger partial charge in [0.1, 0.15) is 6.54 Å². The molecule has 0 saturated heterocycles. The van der Waals surface area contributed by atoms with Gasteiger partial charge in [0.25, 0.3) is 6.43 Å². The second kappa shape index (κ2) is 8.01. The van der Waals surface area contributed by atoms with Crippen LogP contribution in [-0.2, 0) is 24.4 Å². The maximum atomic E-state index is 13.7. The molecule has 1 aliphatic carbocycles. The van der Waals surface area contributed by atoms with E-state index in [-0.39, 0.29) is 23.9 Å². The van der Waals surface area contributed by atoms with E-state index in [1.165, 1.54) is 10.7 Å². The minimum atomic E-state index is -2.61. The molecule has 1 amide bonds. The SMILES string of the molecule is CCn1nc(C)c(CN(C)C(=O)Cn2nc(C)c3c(C(F)F)cc(C4CC4)nc32)c1C. The highest BCUT2D eigenvalue weighted by atomic mass is 19.3. The average molecular weight is 431 g/mol. The minimum Gasteiger partial charge on any atom is -0.340 e. The summed E-state index contributed by atoms with van der Waals surface area (Å²) in [6, 6.07) is 1.51. The van der Waals surface area contributed by atoms with Crippen LogP contribution in [0.3, 0.4) is 0 Å². The van der Waals surface area contributed by atoms with Gasteiger partial charge in [0.15, 0.2) is 5.65 Å². The van der Waals surface area contributed by atoms with E-state index in [1.54, 1.807) is 18.9 Å². The van der Waals surface area contributed by atoms with E-state index in [0.717, 1.165) is 36.3 Å². The molecule has 0 aliphatic heterocycles. The van der Waals surface area contributed by atoms with Gasteiger partial charge in [-0.1, -0.05) is 0 Å². The number of carbonyl (C=O) groups excluding carboxylic acids is 1. The van der Waals surface area contributed by atoms with Crippen LogP contribution >= 0.6 is 0 Å². The lowest BCUT2D eigenvalue weighted by molar-refractivity contribution is -0.131. The van der Waals surface area contributed by atoms with Gasteiger partial charge in [-0.2, -0.15) is 10.2 Å². The zero-order valence-corrected chi connectivity index (χ0v) is 18.6. The van der Waals surface area contributed by atoms with Crippen molar-refractivity contribution in [3.63, 3.8) is 0 Å². The molecule has 0 spiro atoms. The number of carbonyl (C=O) groups is 1. The second-order valence-corrected chi connectivity index (χ2v) is 8.37. The van der Waals surface area contributed by atoms with Gasteiger partial charge in [-0.05, 0) is 46.6 Å². The van der Waals surface area contributed by atoms with Crippen molar-refractivity contribution in [3.05, 3.63) is 40.0 Å². The van der Waals surface area contributed by atoms with E-state index < -0.39 is 6.43 Å². The van der Waals surface area contributed by atoms with Crippen molar-refractivity contribution in [3.8, 4) is 0 Å². The third-order valence-electron chi connectivity index (χ3n) is 6.10. The molecule has 0 radical (unpaired) electrons. The van der Waals surface area contributed by atoms with Crippen molar-refractivity contribution < 1.29 is 13.6 Å². The Morgan fingerprint density at radius 3 is 2.45 bits per heavy atom. The summed E-state index contributed by atoms with van der Waals surface area (Å²) in [4.78, 5) is 19.2. The second-order valence-electron chi connectivity index (χ2n) is 8.37. The summed E-state index contributed by atoms with van der Waals surface area (Å²) in [5.41, 5.74) is 4.41. The van der Waals surface area contributed by atoms with Gasteiger partial charge in [-0.3, -0.25) is 9.48 Å². The lowest BCUT2D eigenvalue weighted by Gasteiger charge is -2.18. The summed E-state index contributed by atoms with van der Waals surface area (Å²) in [5.74, 6) is 0.0645. The quantitative estimate of drug-likeness (QED) is 0.567. The zero-order chi connectivity index (χ0) is 22.4. The van der Waals surface area contributed by atoms with Gasteiger partial charge >= 0.3 is 0 Å². The van der Waals surface area contributed by atoms with Gasteiger partial charge < -0.3 is 4.90 Å². The van der Waals surface area contributed by atoms with Gasteiger partial charge in [-0.15, -0.1) is 0 Å². The van der Waals surface area contributed by atoms with Crippen molar-refractivity contribution in [2.75, 3.05) is 7.05 Å². The highest BCUT2D eigenvalue weighted by molar-refractivity contribution is 5.85. The van der Waals surface area contributed by atoms with Crippen LogP contribution in [0.5, 0.6) is 0 Å². The molecular weight excluding hydrogens is 402 g/mol. The van der Waals surface area contributed by atoms with Crippen LogP contribution in [0.15, 0.2) is 6.07 Å². The summed E-state index contributed by atoms with van der Waals surface area (Å²) in [6.07, 6.45) is -0.695. The zero-order valence-electron chi connectivity index (χ0n) is 18.6. The maximum absolute atomic E-state index is 13.7. The number of hydrogen-bond donors (Lipinski definition) is 0. The fourth-order valence-corrected chi connectivity index (χ4v) is 4.12. The summed E-state index contributed by atoms with van der Waals surface area (Å²) in [5, 5.41) is 9.25. The fraction of sp³-hybridized carbons (Fsp3) is 0.545. The molecule has 0 bridgehead atoms. The van der Waals surface area contributed by atoms with Crippen molar-refractivity contribution in [1.82, 2.24) is 29.4 Å². The Hall–Kier alpha value is -2.84. The number of amides is 1. The lowest BCUT2D eigenvalue weighted by Crippen LogP contribution is -2.30. The number of likely N-dealkylation sites (N-methyl/N-ethyl adjacent to an activating group) is 1. The maximum Gasteiger partial charge on any atom is 0.264 e. The van der Waals surface area contributed by atoms with Gasteiger partial charge in [0, 0.05) is 48.6 Å². The van der Waals surface area contributed by atoms with E-state index in [4.69, 9.17) is 0 Å². The molecule has 1 saturated carbocycles. The predicted molar refractivity (Wildman–Crippen MR) is 113 cm³/mol. The summed E-state index contributed by atoms with van der Waals surface area (Å²) < 4.78 is 30.9. The van der Waals surface area contributed by atoms with Gasteiger partial charge in [0.2, 0.25) is 5.91 Å². The van der Waals surface area contributed by atoms with Crippen LogP contribution < -0.4 is 0 Å². The first kappa shape index (κ1) is 21.4. The topological polar surface area (TPSA) is 68.8 Å². The Morgan fingerprint density at radius 2 is 1.87 bits per heavy atom. The molecule has 4 rings (SSSR count). The number of aryl methyl sites for hydroxylation is 3. The summed E-state index contributed by atoms with van der Waals surface area (Å²) in [6.45, 7) is 8.79. The summed E-state index contributed by atoms with van der Waals surface area (Å²) >= 11 is 0. The number of pyridine rings is 1. The largest absolute Gasteiger partial charge is 0.340 e. The first-order chi connectivity index (χ1) is 14.7. The average Bonchev–Trinajstić information content (AvgIpc) is 3.49. The van der Waals surface area contributed by atoms with E-state index >= 15 is 0 Å². The molecule has 3 heterocycles. The van der Waals surface area contributed by atoms with E-state index in [2.05, 4.69) is 15.2 Å². The standard InChI is InChI=1S/C22H28F2N6O/c1-6-29-14(4)17(12(2)26-29)10-28(5)19(31)11-30-22-20(13(3)27-30)16(21(23)24)9-18(25-22)15-7-8-15/h9,15,21H,6-8,10-11H2,1-5H3. The van der Waals surface area contributed by atoms with Crippen LogP contribution in [0.1, 0.15) is 66.0 Å². The number of fused-ring (bicyclic) bond motifs is 1. The molecule has 3 aromatic heterocycles. The Kier molecular flexibility index (Phi) is 5.53. The first-order valence-corrected chi connectivity index (χ1v) is 10.6. The Morgan fingerprint density at radius 1 is 1.19 bits per heavy atom. The smallest absolute Gasteiger partial charge is 0.264 e. The van der Waals surface area contributed by atoms with E-state index in [0.29, 0.717) is 29.0 Å². The molecule has 0 N–H and O–H groups in total. The molecule has 0 atom stereocenters. The normalized spacial score (nSPS) is 14.1. The number of alkyl halides is 2. The molecule has 1 fully saturated rings. The molecule has 9 heteroatoms. The van der Waals surface area contributed by atoms with E-state index in [1.807, 2.05) is 25.5 Å². The van der Waals surface area contributed by atoms with Crippen LogP contribution in [-0.4, -0.2) is 42.4 Å². The first-order valence-electron chi connectivity index (χ1n) is 10.6. The Balaban J connectivity index is 1.62. The molecule has 0 aromatic carbocycles. The van der Waals surface area contributed by atoms with Gasteiger partial charge in [-0.25, -0.2) is 18.4 Å². The molecule has 166 valence electrons. The third kappa shape index (κ3) is 3.93. The minimum absolute atomic E-state index is 0.0466. The van der Waals surface area contributed by atoms with Crippen molar-refractivity contribution in [1.29, 1.82) is 0 Å². The van der Waals surface area contributed by atoms with Crippen LogP contribution in [0.4, 0.5) is 8.78 Å². The number of aromatic nitrogens is 5. The number of rotatable bonds is 7. The molecule has 0 unspecified atom stereocenters. The van der Waals surface area contributed by atoms with E-state index in [9.17, 15) is 13.6 Å².